The van der Waals surface area contributed by atoms with Gasteiger partial charge in [0.05, 0.1) is 7.11 Å². The minimum Gasteiger partial charge on any atom is -0.497 e. The summed E-state index contributed by atoms with van der Waals surface area (Å²) in [6.45, 7) is 0. The van der Waals surface area contributed by atoms with E-state index in [1.807, 2.05) is 30.5 Å². The Morgan fingerprint density at radius 2 is 2.16 bits per heavy atom. The topological polar surface area (TPSA) is 37.9 Å². The van der Waals surface area contributed by atoms with Crippen molar-refractivity contribution in [2.45, 2.75) is 9.79 Å². The predicted molar refractivity (Wildman–Crippen MR) is 78.2 cm³/mol. The molecule has 1 N–H and O–H groups in total. The number of hydrogen-bond acceptors (Lipinski definition) is 3. The maximum Gasteiger partial charge on any atom is 0.140 e. The summed E-state index contributed by atoms with van der Waals surface area (Å²) in [5.74, 6) is 0.853. The number of ether oxygens (including phenoxy) is 1. The van der Waals surface area contributed by atoms with Crippen LogP contribution in [0.3, 0.4) is 0 Å². The number of methoxy groups -OCH3 is 1. The first-order valence-corrected chi connectivity index (χ1v) is 6.91. The Hall–Kier alpha value is -1.65. The van der Waals surface area contributed by atoms with Crippen LogP contribution in [-0.4, -0.2) is 17.1 Å². The van der Waals surface area contributed by atoms with Gasteiger partial charge in [-0.15, -0.1) is 0 Å². The van der Waals surface area contributed by atoms with Crippen molar-refractivity contribution >= 4 is 34.4 Å². The van der Waals surface area contributed by atoms with Crippen LogP contribution < -0.4 is 4.74 Å². The van der Waals surface area contributed by atoms with Gasteiger partial charge in [-0.05, 0) is 30.3 Å². The maximum atomic E-state index is 5.87. The van der Waals surface area contributed by atoms with E-state index in [0.29, 0.717) is 5.15 Å². The highest BCUT2D eigenvalue weighted by Gasteiger charge is 2.07. The number of nitrogens with zero attached hydrogens (tertiary/aromatic N) is 1. The summed E-state index contributed by atoms with van der Waals surface area (Å²) in [6.07, 6.45) is 1.94. The van der Waals surface area contributed by atoms with E-state index in [1.54, 1.807) is 24.9 Å². The van der Waals surface area contributed by atoms with Crippen molar-refractivity contribution in [2.24, 2.45) is 0 Å². The van der Waals surface area contributed by atoms with Crippen molar-refractivity contribution in [1.82, 2.24) is 9.97 Å². The number of aromatic nitrogens is 2. The van der Waals surface area contributed by atoms with Crippen LogP contribution in [0.4, 0.5) is 0 Å². The average molecular weight is 291 g/mol. The zero-order valence-electron chi connectivity index (χ0n) is 10.2. The molecule has 1 aromatic carbocycles. The molecule has 0 aliphatic rings. The first-order chi connectivity index (χ1) is 9.26. The second-order valence-corrected chi connectivity index (χ2v) is 5.47. The summed E-state index contributed by atoms with van der Waals surface area (Å²) < 4.78 is 5.23. The van der Waals surface area contributed by atoms with Crippen molar-refractivity contribution in [1.29, 1.82) is 0 Å². The molecular formula is C14H11ClN2OS. The van der Waals surface area contributed by atoms with Crippen molar-refractivity contribution in [3.05, 3.63) is 47.7 Å². The van der Waals surface area contributed by atoms with E-state index < -0.39 is 0 Å². The summed E-state index contributed by atoms with van der Waals surface area (Å²) >= 11 is 7.54. The number of aromatic amines is 1. The van der Waals surface area contributed by atoms with Crippen LogP contribution in [0.1, 0.15) is 0 Å². The molecule has 5 heteroatoms. The number of fused-ring (bicyclic) bond motifs is 1. The monoisotopic (exact) mass is 290 g/mol. The smallest absolute Gasteiger partial charge is 0.140 e. The first kappa shape index (κ1) is 12.4. The second kappa shape index (κ2) is 5.15. The van der Waals surface area contributed by atoms with Gasteiger partial charge in [-0.3, -0.25) is 0 Å². The molecule has 3 aromatic rings. The van der Waals surface area contributed by atoms with Gasteiger partial charge in [0.15, 0.2) is 0 Å². The molecule has 0 spiro atoms. The highest BCUT2D eigenvalue weighted by atomic mass is 35.5. The zero-order chi connectivity index (χ0) is 13.2. The number of benzene rings is 1. The van der Waals surface area contributed by atoms with E-state index in [4.69, 9.17) is 16.3 Å². The van der Waals surface area contributed by atoms with Crippen molar-refractivity contribution in [2.75, 3.05) is 7.11 Å². The SMILES string of the molecule is COc1cccc(Sc2c[nH]c3nc(Cl)ccc23)c1. The van der Waals surface area contributed by atoms with Gasteiger partial charge < -0.3 is 9.72 Å². The average Bonchev–Trinajstić information content (AvgIpc) is 2.81. The fraction of sp³-hybridized carbons (Fsp3) is 0.0714. The lowest BCUT2D eigenvalue weighted by Crippen LogP contribution is -1.82. The molecule has 19 heavy (non-hydrogen) atoms. The standard InChI is InChI=1S/C14H11ClN2OS/c1-18-9-3-2-4-10(7-9)19-12-8-16-14-11(12)5-6-13(15)17-14/h2-8H,1H3,(H,16,17). The number of pyridine rings is 1. The van der Waals surface area contributed by atoms with E-state index >= 15 is 0 Å². The molecule has 2 aromatic heterocycles. The van der Waals surface area contributed by atoms with Crippen LogP contribution in [0.5, 0.6) is 5.75 Å². The molecule has 0 amide bonds. The van der Waals surface area contributed by atoms with Crippen molar-refractivity contribution < 1.29 is 4.74 Å². The third-order valence-electron chi connectivity index (χ3n) is 2.74. The molecule has 0 unspecified atom stereocenters. The largest absolute Gasteiger partial charge is 0.497 e. The lowest BCUT2D eigenvalue weighted by molar-refractivity contribution is 0.413. The minimum atomic E-state index is 0.493. The second-order valence-electron chi connectivity index (χ2n) is 3.96. The molecule has 3 nitrogen and oxygen atoms in total. The van der Waals surface area contributed by atoms with Crippen LogP contribution in [0, 0.1) is 0 Å². The molecule has 0 aliphatic heterocycles. The Morgan fingerprint density at radius 3 is 3.00 bits per heavy atom. The number of H-pyrrole nitrogens is 1. The van der Waals surface area contributed by atoms with Gasteiger partial charge in [0.25, 0.3) is 0 Å². The number of hydrogen-bond donors (Lipinski definition) is 1. The van der Waals surface area contributed by atoms with E-state index in [0.717, 1.165) is 26.6 Å². The van der Waals surface area contributed by atoms with E-state index in [9.17, 15) is 0 Å². The predicted octanol–water partition coefficient (Wildman–Crippen LogP) is 4.38. The number of nitrogens with one attached hydrogen (secondary N) is 1. The van der Waals surface area contributed by atoms with Gasteiger partial charge in [0, 0.05) is 21.4 Å². The van der Waals surface area contributed by atoms with Gasteiger partial charge in [0.2, 0.25) is 0 Å². The highest BCUT2D eigenvalue weighted by Crippen LogP contribution is 2.34. The molecule has 3 rings (SSSR count). The minimum absolute atomic E-state index is 0.493. The third kappa shape index (κ3) is 2.55. The summed E-state index contributed by atoms with van der Waals surface area (Å²) in [7, 11) is 1.67. The molecule has 96 valence electrons. The van der Waals surface area contributed by atoms with Gasteiger partial charge in [-0.2, -0.15) is 0 Å². The van der Waals surface area contributed by atoms with Crippen LogP contribution >= 0.6 is 23.4 Å². The molecule has 0 bridgehead atoms. The zero-order valence-corrected chi connectivity index (χ0v) is 11.8. The van der Waals surface area contributed by atoms with Gasteiger partial charge in [0.1, 0.15) is 16.5 Å². The Balaban J connectivity index is 1.96. The molecule has 0 radical (unpaired) electrons. The van der Waals surface area contributed by atoms with Crippen LogP contribution in [0.2, 0.25) is 5.15 Å². The molecule has 0 atom stereocenters. The maximum absolute atomic E-state index is 5.87. The Labute approximate surface area is 120 Å². The molecule has 2 heterocycles. The Morgan fingerprint density at radius 1 is 1.26 bits per heavy atom. The number of rotatable bonds is 3. The quantitative estimate of drug-likeness (QED) is 0.728. The molecule has 0 saturated heterocycles. The van der Waals surface area contributed by atoms with Crippen LogP contribution in [0.25, 0.3) is 11.0 Å². The van der Waals surface area contributed by atoms with E-state index in [-0.39, 0.29) is 0 Å². The normalized spacial score (nSPS) is 10.8. The molecule has 0 aliphatic carbocycles. The lowest BCUT2D eigenvalue weighted by atomic mass is 10.3. The molecular weight excluding hydrogens is 280 g/mol. The fourth-order valence-corrected chi connectivity index (χ4v) is 2.95. The van der Waals surface area contributed by atoms with Crippen LogP contribution in [-0.2, 0) is 0 Å². The molecule has 0 saturated carbocycles. The number of halogens is 1. The van der Waals surface area contributed by atoms with E-state index in [1.165, 1.54) is 0 Å². The van der Waals surface area contributed by atoms with Crippen molar-refractivity contribution in [3.63, 3.8) is 0 Å². The van der Waals surface area contributed by atoms with Gasteiger partial charge in [-0.25, -0.2) is 4.98 Å². The Kier molecular flexibility index (Phi) is 3.36. The van der Waals surface area contributed by atoms with Crippen molar-refractivity contribution in [3.8, 4) is 5.75 Å². The summed E-state index contributed by atoms with van der Waals surface area (Å²) in [6, 6.07) is 11.7. The van der Waals surface area contributed by atoms with E-state index in [2.05, 4.69) is 16.0 Å². The summed E-state index contributed by atoms with van der Waals surface area (Å²) in [5, 5.41) is 1.56. The lowest BCUT2D eigenvalue weighted by Gasteiger charge is -2.03. The van der Waals surface area contributed by atoms with Gasteiger partial charge in [-0.1, -0.05) is 29.4 Å². The van der Waals surface area contributed by atoms with Crippen LogP contribution in [0.15, 0.2) is 52.4 Å². The Bertz CT molecular complexity index is 726. The summed E-state index contributed by atoms with van der Waals surface area (Å²) in [5.41, 5.74) is 0.804. The first-order valence-electron chi connectivity index (χ1n) is 5.72. The fourth-order valence-electron chi connectivity index (χ4n) is 1.83. The highest BCUT2D eigenvalue weighted by molar-refractivity contribution is 7.99. The van der Waals surface area contributed by atoms with Gasteiger partial charge >= 0.3 is 0 Å². The molecule has 0 fully saturated rings. The summed E-state index contributed by atoms with van der Waals surface area (Å²) in [4.78, 5) is 9.61. The third-order valence-corrected chi connectivity index (χ3v) is 3.99.